The third kappa shape index (κ3) is 4.31. The maximum atomic E-state index is 12.4. The van der Waals surface area contributed by atoms with Crippen molar-refractivity contribution in [1.82, 2.24) is 15.0 Å². The average molecular weight is 357 g/mol. The molecule has 1 aliphatic heterocycles. The van der Waals surface area contributed by atoms with E-state index in [-0.39, 0.29) is 11.9 Å². The molecule has 140 valence electrons. The van der Waals surface area contributed by atoms with Gasteiger partial charge in [0.25, 0.3) is 0 Å². The summed E-state index contributed by atoms with van der Waals surface area (Å²) in [5.74, 6) is 0.351. The van der Waals surface area contributed by atoms with E-state index >= 15 is 0 Å². The minimum Gasteiger partial charge on any atom is -0.469 e. The molecule has 2 heterocycles. The quantitative estimate of drug-likeness (QED) is 0.739. The van der Waals surface area contributed by atoms with Gasteiger partial charge in [0, 0.05) is 43.9 Å². The van der Waals surface area contributed by atoms with Gasteiger partial charge in [-0.2, -0.15) is 0 Å². The Balaban J connectivity index is 1.79. The molecule has 0 unspecified atom stereocenters. The van der Waals surface area contributed by atoms with E-state index in [0.29, 0.717) is 13.0 Å². The summed E-state index contributed by atoms with van der Waals surface area (Å²) in [7, 11) is 3.58. The predicted octanol–water partition coefficient (Wildman–Crippen LogP) is 2.23. The van der Waals surface area contributed by atoms with Crippen LogP contribution in [0.3, 0.4) is 0 Å². The Kier molecular flexibility index (Phi) is 6.06. The summed E-state index contributed by atoms with van der Waals surface area (Å²) in [5, 5.41) is 4.23. The molecular weight excluding hydrogens is 330 g/mol. The molecule has 0 spiro atoms. The van der Waals surface area contributed by atoms with Crippen LogP contribution in [0.4, 0.5) is 0 Å². The number of carbonyl (C=O) groups is 1. The fraction of sp³-hybridized carbons (Fsp3) is 0.500. The summed E-state index contributed by atoms with van der Waals surface area (Å²) in [6, 6.07) is 9.94. The smallest absolute Gasteiger partial charge is 0.310 e. The van der Waals surface area contributed by atoms with E-state index in [9.17, 15) is 4.79 Å². The predicted molar refractivity (Wildman–Crippen MR) is 99.8 cm³/mol. The van der Waals surface area contributed by atoms with E-state index in [4.69, 9.17) is 9.26 Å². The van der Waals surface area contributed by atoms with Crippen LogP contribution in [0.15, 0.2) is 34.9 Å². The topological polar surface area (TPSA) is 58.8 Å². The second kappa shape index (κ2) is 8.47. The number of carbonyl (C=O) groups excluding carboxylic acids is 1. The average Bonchev–Trinajstić information content (AvgIpc) is 3.03. The van der Waals surface area contributed by atoms with Gasteiger partial charge in [0.2, 0.25) is 0 Å². The second-order valence-electron chi connectivity index (χ2n) is 6.96. The molecule has 1 atom stereocenters. The summed E-state index contributed by atoms with van der Waals surface area (Å²) in [6.07, 6.45) is 0.568. The van der Waals surface area contributed by atoms with Crippen LogP contribution in [0.2, 0.25) is 0 Å². The minimum atomic E-state index is -0.232. The Morgan fingerprint density at radius 1 is 1.23 bits per heavy atom. The molecule has 0 aliphatic carbocycles. The zero-order chi connectivity index (χ0) is 18.5. The summed E-state index contributed by atoms with van der Waals surface area (Å²) in [5.41, 5.74) is 2.80. The molecule has 0 bridgehead atoms. The van der Waals surface area contributed by atoms with Gasteiger partial charge in [0.15, 0.2) is 0 Å². The van der Waals surface area contributed by atoms with Crippen molar-refractivity contribution in [2.45, 2.75) is 13.3 Å². The van der Waals surface area contributed by atoms with E-state index in [2.05, 4.69) is 22.0 Å². The maximum Gasteiger partial charge on any atom is 0.310 e. The fourth-order valence-electron chi connectivity index (χ4n) is 3.43. The van der Waals surface area contributed by atoms with Gasteiger partial charge in [-0.3, -0.25) is 9.69 Å². The lowest BCUT2D eigenvalue weighted by molar-refractivity contribution is -0.146. The number of hydrogen-bond acceptors (Lipinski definition) is 6. The third-order valence-electron chi connectivity index (χ3n) is 5.09. The van der Waals surface area contributed by atoms with E-state index in [1.165, 1.54) is 7.11 Å². The Morgan fingerprint density at radius 2 is 1.92 bits per heavy atom. The number of rotatable bonds is 6. The maximum absolute atomic E-state index is 12.4. The number of methoxy groups -OCH3 is 1. The van der Waals surface area contributed by atoms with Crippen LogP contribution >= 0.6 is 0 Å². The highest BCUT2D eigenvalue weighted by Gasteiger charge is 2.28. The molecular formula is C20H27N3O3. The number of nitrogens with zero attached hydrogens (tertiary/aromatic N) is 3. The molecule has 0 N–H and O–H groups in total. The van der Waals surface area contributed by atoms with Crippen molar-refractivity contribution >= 4 is 5.97 Å². The van der Waals surface area contributed by atoms with Crippen molar-refractivity contribution in [1.29, 1.82) is 0 Å². The van der Waals surface area contributed by atoms with Crippen molar-refractivity contribution in [3.05, 3.63) is 41.7 Å². The van der Waals surface area contributed by atoms with Gasteiger partial charge in [-0.05, 0) is 20.4 Å². The molecule has 6 nitrogen and oxygen atoms in total. The van der Waals surface area contributed by atoms with Gasteiger partial charge in [-0.1, -0.05) is 35.5 Å². The highest BCUT2D eigenvalue weighted by atomic mass is 16.5. The van der Waals surface area contributed by atoms with E-state index in [1.807, 2.05) is 37.3 Å². The lowest BCUT2D eigenvalue weighted by Crippen LogP contribution is -2.47. The Hall–Kier alpha value is -2.18. The monoisotopic (exact) mass is 357 g/mol. The van der Waals surface area contributed by atoms with E-state index in [0.717, 1.165) is 48.8 Å². The molecule has 0 radical (unpaired) electrons. The Morgan fingerprint density at radius 3 is 2.58 bits per heavy atom. The van der Waals surface area contributed by atoms with E-state index in [1.54, 1.807) is 0 Å². The third-order valence-corrected chi connectivity index (χ3v) is 5.09. The van der Waals surface area contributed by atoms with Crippen molar-refractivity contribution in [3.63, 3.8) is 0 Å². The van der Waals surface area contributed by atoms with Crippen molar-refractivity contribution < 1.29 is 14.1 Å². The lowest BCUT2D eigenvalue weighted by Gasteiger charge is -2.34. The minimum absolute atomic E-state index is 0.177. The molecule has 1 aromatic heterocycles. The summed E-state index contributed by atoms with van der Waals surface area (Å²) in [6.45, 7) is 6.58. The first-order valence-corrected chi connectivity index (χ1v) is 9.07. The first kappa shape index (κ1) is 18.6. The van der Waals surface area contributed by atoms with Crippen LogP contribution in [-0.4, -0.2) is 67.8 Å². The number of aromatic nitrogens is 1. The molecule has 3 rings (SSSR count). The van der Waals surface area contributed by atoms with Gasteiger partial charge >= 0.3 is 5.97 Å². The van der Waals surface area contributed by atoms with Crippen LogP contribution in [0.25, 0.3) is 11.3 Å². The molecule has 1 saturated heterocycles. The van der Waals surface area contributed by atoms with Crippen molar-refractivity contribution in [2.24, 2.45) is 5.92 Å². The fourth-order valence-corrected chi connectivity index (χ4v) is 3.43. The summed E-state index contributed by atoms with van der Waals surface area (Å²) < 4.78 is 10.5. The molecule has 1 aromatic carbocycles. The first-order chi connectivity index (χ1) is 12.6. The number of ether oxygens (including phenoxy) is 1. The Labute approximate surface area is 154 Å². The normalized spacial score (nSPS) is 17.2. The summed E-state index contributed by atoms with van der Waals surface area (Å²) in [4.78, 5) is 17.1. The number of piperazine rings is 1. The SMILES string of the molecule is COC(=O)[C@@H](Cc1c(-c2ccccc2)noc1C)CN1CCN(C)CC1. The number of likely N-dealkylation sites (N-methyl/N-ethyl adjacent to an activating group) is 1. The first-order valence-electron chi connectivity index (χ1n) is 9.07. The molecule has 2 aromatic rings. The van der Waals surface area contributed by atoms with Gasteiger partial charge < -0.3 is 14.2 Å². The standard InChI is InChI=1S/C20H27N3O3/c1-15-18(19(21-26-15)16-7-5-4-6-8-16)13-17(20(24)25-3)14-23-11-9-22(2)10-12-23/h4-8,17H,9-14H2,1-3H3/t17-/m0/s1. The van der Waals surface area contributed by atoms with Crippen LogP contribution < -0.4 is 0 Å². The van der Waals surface area contributed by atoms with Crippen molar-refractivity contribution in [3.8, 4) is 11.3 Å². The highest BCUT2D eigenvalue weighted by molar-refractivity contribution is 5.74. The summed E-state index contributed by atoms with van der Waals surface area (Å²) >= 11 is 0. The number of hydrogen-bond donors (Lipinski definition) is 0. The van der Waals surface area contributed by atoms with Gasteiger partial charge in [-0.15, -0.1) is 0 Å². The zero-order valence-corrected chi connectivity index (χ0v) is 15.8. The van der Waals surface area contributed by atoms with Crippen LogP contribution in [0.5, 0.6) is 0 Å². The molecule has 26 heavy (non-hydrogen) atoms. The van der Waals surface area contributed by atoms with Gasteiger partial charge in [0.05, 0.1) is 13.0 Å². The van der Waals surface area contributed by atoms with Crippen LogP contribution in [-0.2, 0) is 16.0 Å². The van der Waals surface area contributed by atoms with Crippen LogP contribution in [0, 0.1) is 12.8 Å². The largest absolute Gasteiger partial charge is 0.469 e. The number of aryl methyl sites for hydroxylation is 1. The van der Waals surface area contributed by atoms with Gasteiger partial charge in [0.1, 0.15) is 11.5 Å². The molecule has 6 heteroatoms. The highest BCUT2D eigenvalue weighted by Crippen LogP contribution is 2.28. The van der Waals surface area contributed by atoms with Crippen LogP contribution in [0.1, 0.15) is 11.3 Å². The number of esters is 1. The Bertz CT molecular complexity index is 721. The molecule has 0 amide bonds. The van der Waals surface area contributed by atoms with E-state index < -0.39 is 0 Å². The zero-order valence-electron chi connectivity index (χ0n) is 15.8. The second-order valence-corrected chi connectivity index (χ2v) is 6.96. The molecule has 1 fully saturated rings. The van der Waals surface area contributed by atoms with Gasteiger partial charge in [-0.25, -0.2) is 0 Å². The molecule has 0 saturated carbocycles. The molecule has 1 aliphatic rings. The number of benzene rings is 1. The van der Waals surface area contributed by atoms with Crippen molar-refractivity contribution in [2.75, 3.05) is 46.9 Å². The lowest BCUT2D eigenvalue weighted by atomic mass is 9.95.